The molecule has 6 nitrogen and oxygen atoms in total. The molecule has 0 amide bonds. The zero-order valence-corrected chi connectivity index (χ0v) is 15.3. The topological polar surface area (TPSA) is 75.2 Å². The van der Waals surface area contributed by atoms with E-state index in [0.29, 0.717) is 23.6 Å². The highest BCUT2D eigenvalue weighted by Gasteiger charge is 2.31. The van der Waals surface area contributed by atoms with Crippen LogP contribution in [0.15, 0.2) is 64.3 Å². The van der Waals surface area contributed by atoms with Crippen molar-refractivity contribution in [3.8, 4) is 5.69 Å². The molecular weight excluding hydrogens is 374 g/mol. The summed E-state index contributed by atoms with van der Waals surface area (Å²) in [7, 11) is -3.68. The fourth-order valence-electron chi connectivity index (χ4n) is 3.10. The molecule has 0 fully saturated rings. The molecule has 3 aromatic rings. The van der Waals surface area contributed by atoms with Crippen molar-refractivity contribution in [3.63, 3.8) is 0 Å². The highest BCUT2D eigenvalue weighted by atomic mass is 35.5. The van der Waals surface area contributed by atoms with Gasteiger partial charge in [0.25, 0.3) is 5.56 Å². The minimum Gasteiger partial charge on any atom is -0.295 e. The van der Waals surface area contributed by atoms with Gasteiger partial charge in [-0.15, -0.1) is 0 Å². The largest absolute Gasteiger partial charge is 0.295 e. The molecule has 0 saturated carbocycles. The number of sulfonamides is 1. The van der Waals surface area contributed by atoms with E-state index in [1.807, 2.05) is 30.3 Å². The first kappa shape index (κ1) is 17.1. The van der Waals surface area contributed by atoms with Crippen molar-refractivity contribution in [2.75, 3.05) is 6.54 Å². The van der Waals surface area contributed by atoms with Crippen LogP contribution in [-0.2, 0) is 23.0 Å². The summed E-state index contributed by atoms with van der Waals surface area (Å²) < 4.78 is 28.5. The second-order valence-corrected chi connectivity index (χ2v) is 8.46. The van der Waals surface area contributed by atoms with E-state index < -0.39 is 10.0 Å². The van der Waals surface area contributed by atoms with Gasteiger partial charge in [-0.3, -0.25) is 9.89 Å². The number of hydrogen-bond acceptors (Lipinski definition) is 3. The number of benzene rings is 2. The van der Waals surface area contributed by atoms with Gasteiger partial charge in [0.05, 0.1) is 16.1 Å². The highest BCUT2D eigenvalue weighted by molar-refractivity contribution is 7.89. The molecule has 2 aromatic carbocycles. The monoisotopic (exact) mass is 389 g/mol. The van der Waals surface area contributed by atoms with E-state index in [-0.39, 0.29) is 17.0 Å². The highest BCUT2D eigenvalue weighted by Crippen LogP contribution is 2.24. The number of hydrogen-bond donors (Lipinski definition) is 1. The third-order valence-corrected chi connectivity index (χ3v) is 6.60. The van der Waals surface area contributed by atoms with Gasteiger partial charge in [0.1, 0.15) is 0 Å². The Morgan fingerprint density at radius 3 is 2.38 bits per heavy atom. The minimum absolute atomic E-state index is 0.0511. The number of aromatic nitrogens is 2. The van der Waals surface area contributed by atoms with E-state index in [4.69, 9.17) is 11.6 Å². The van der Waals surface area contributed by atoms with Crippen LogP contribution >= 0.6 is 11.6 Å². The average Bonchev–Trinajstić information content (AvgIpc) is 2.99. The fraction of sp³-hybridized carbons (Fsp3) is 0.167. The molecule has 1 aliphatic heterocycles. The van der Waals surface area contributed by atoms with Gasteiger partial charge in [-0.2, -0.15) is 4.31 Å². The van der Waals surface area contributed by atoms with Crippen molar-refractivity contribution in [1.82, 2.24) is 14.1 Å². The normalized spacial score (nSPS) is 15.0. The quantitative estimate of drug-likeness (QED) is 0.748. The van der Waals surface area contributed by atoms with Crippen LogP contribution in [-0.4, -0.2) is 29.0 Å². The Hall–Kier alpha value is -2.35. The Morgan fingerprint density at radius 1 is 1.00 bits per heavy atom. The number of aromatic amines is 1. The third kappa shape index (κ3) is 2.88. The maximum absolute atomic E-state index is 12.9. The molecule has 26 heavy (non-hydrogen) atoms. The van der Waals surface area contributed by atoms with E-state index in [2.05, 4.69) is 5.10 Å². The lowest BCUT2D eigenvalue weighted by atomic mass is 10.1. The Labute approximate surface area is 155 Å². The third-order valence-electron chi connectivity index (χ3n) is 4.48. The van der Waals surface area contributed by atoms with Crippen molar-refractivity contribution in [2.24, 2.45) is 0 Å². The molecule has 1 N–H and O–H groups in total. The standard InChI is InChI=1S/C18H16ClN3O3S/c19-13-6-8-15(9-7-13)26(24,25)21-11-10-17-16(12-21)18(23)22(20-17)14-4-2-1-3-5-14/h1-9,20H,10-12H2. The van der Waals surface area contributed by atoms with Crippen LogP contribution in [0.25, 0.3) is 5.69 Å². The number of H-pyrrole nitrogens is 1. The van der Waals surface area contributed by atoms with Crippen molar-refractivity contribution >= 4 is 21.6 Å². The van der Waals surface area contributed by atoms with Crippen molar-refractivity contribution in [1.29, 1.82) is 0 Å². The summed E-state index contributed by atoms with van der Waals surface area (Å²) in [6, 6.07) is 15.3. The minimum atomic E-state index is -3.68. The first-order valence-electron chi connectivity index (χ1n) is 8.11. The number of rotatable bonds is 3. The van der Waals surface area contributed by atoms with Gasteiger partial charge in [-0.25, -0.2) is 13.1 Å². The van der Waals surface area contributed by atoms with Crippen LogP contribution in [0.1, 0.15) is 11.3 Å². The van der Waals surface area contributed by atoms with Gasteiger partial charge in [0.15, 0.2) is 0 Å². The van der Waals surface area contributed by atoms with Crippen molar-refractivity contribution in [2.45, 2.75) is 17.9 Å². The number of para-hydroxylation sites is 1. The summed E-state index contributed by atoms with van der Waals surface area (Å²) in [6.07, 6.45) is 0.456. The first-order valence-corrected chi connectivity index (χ1v) is 9.92. The molecule has 2 heterocycles. The molecule has 0 saturated heterocycles. The van der Waals surface area contributed by atoms with Crippen LogP contribution < -0.4 is 5.56 Å². The Kier molecular flexibility index (Phi) is 4.22. The molecule has 4 rings (SSSR count). The summed E-state index contributed by atoms with van der Waals surface area (Å²) in [6.45, 7) is 0.363. The van der Waals surface area contributed by atoms with Crippen molar-refractivity contribution < 1.29 is 8.42 Å². The molecule has 0 atom stereocenters. The van der Waals surface area contributed by atoms with Crippen LogP contribution in [0.2, 0.25) is 5.02 Å². The molecule has 0 spiro atoms. The molecule has 0 bridgehead atoms. The molecule has 0 aliphatic carbocycles. The lowest BCUT2D eigenvalue weighted by Gasteiger charge is -2.25. The van der Waals surface area contributed by atoms with E-state index in [9.17, 15) is 13.2 Å². The van der Waals surface area contributed by atoms with E-state index in [1.165, 1.54) is 21.1 Å². The van der Waals surface area contributed by atoms with E-state index in [1.54, 1.807) is 12.1 Å². The van der Waals surface area contributed by atoms with Gasteiger partial charge >= 0.3 is 0 Å². The number of nitrogens with zero attached hydrogens (tertiary/aromatic N) is 2. The lowest BCUT2D eigenvalue weighted by molar-refractivity contribution is 0.389. The number of halogens is 1. The molecule has 134 valence electrons. The molecule has 1 aliphatic rings. The van der Waals surface area contributed by atoms with Crippen LogP contribution in [0.5, 0.6) is 0 Å². The molecule has 0 radical (unpaired) electrons. The van der Waals surface area contributed by atoms with Gasteiger partial charge < -0.3 is 0 Å². The summed E-state index contributed by atoms with van der Waals surface area (Å²) in [4.78, 5) is 12.9. The Balaban J connectivity index is 1.69. The molecular formula is C18H16ClN3O3S. The van der Waals surface area contributed by atoms with E-state index in [0.717, 1.165) is 11.4 Å². The SMILES string of the molecule is O=c1c2c([nH]n1-c1ccccc1)CCN(S(=O)(=O)c1ccc(Cl)cc1)C2. The van der Waals surface area contributed by atoms with Crippen LogP contribution in [0.4, 0.5) is 0 Å². The molecule has 1 aromatic heterocycles. The van der Waals surface area contributed by atoms with Gasteiger partial charge in [0, 0.05) is 30.2 Å². The summed E-state index contributed by atoms with van der Waals surface area (Å²) in [5.74, 6) is 0. The van der Waals surface area contributed by atoms with Gasteiger partial charge in [0.2, 0.25) is 10.0 Å². The molecule has 8 heteroatoms. The first-order chi connectivity index (χ1) is 12.5. The Bertz CT molecular complexity index is 1100. The summed E-state index contributed by atoms with van der Waals surface area (Å²) >= 11 is 5.84. The zero-order valence-electron chi connectivity index (χ0n) is 13.7. The molecule has 0 unspecified atom stereocenters. The summed E-state index contributed by atoms with van der Waals surface area (Å²) in [5.41, 5.74) is 1.76. The Morgan fingerprint density at radius 2 is 1.69 bits per heavy atom. The lowest BCUT2D eigenvalue weighted by Crippen LogP contribution is -2.37. The van der Waals surface area contributed by atoms with Gasteiger partial charge in [-0.05, 0) is 36.4 Å². The average molecular weight is 390 g/mol. The van der Waals surface area contributed by atoms with E-state index >= 15 is 0 Å². The predicted octanol–water partition coefficient (Wildman–Crippen LogP) is 2.57. The number of nitrogens with one attached hydrogen (secondary N) is 1. The van der Waals surface area contributed by atoms with Gasteiger partial charge in [-0.1, -0.05) is 29.8 Å². The second-order valence-electron chi connectivity index (χ2n) is 6.09. The maximum Gasteiger partial charge on any atom is 0.276 e. The predicted molar refractivity (Wildman–Crippen MR) is 99.1 cm³/mol. The van der Waals surface area contributed by atoms with Crippen molar-refractivity contribution in [3.05, 3.63) is 81.2 Å². The number of fused-ring (bicyclic) bond motifs is 1. The van der Waals surface area contributed by atoms with Crippen LogP contribution in [0.3, 0.4) is 0 Å². The second kappa shape index (κ2) is 6.42. The fourth-order valence-corrected chi connectivity index (χ4v) is 4.63. The zero-order chi connectivity index (χ0) is 18.3. The summed E-state index contributed by atoms with van der Waals surface area (Å²) in [5, 5.41) is 3.58. The maximum atomic E-state index is 12.9. The smallest absolute Gasteiger partial charge is 0.276 e. The van der Waals surface area contributed by atoms with Crippen LogP contribution in [0, 0.1) is 0 Å².